The molecule has 0 aliphatic heterocycles. The van der Waals surface area contributed by atoms with Crippen molar-refractivity contribution in [2.75, 3.05) is 16.2 Å². The summed E-state index contributed by atoms with van der Waals surface area (Å²) in [4.78, 5) is 0. The molecule has 0 aliphatic rings. The molecule has 1 rings (SSSR count). The zero-order chi connectivity index (χ0) is 15.6. The van der Waals surface area contributed by atoms with Gasteiger partial charge in [-0.15, -0.1) is 0 Å². The molecular weight excluding hydrogens is 293 g/mol. The van der Waals surface area contributed by atoms with Crippen molar-refractivity contribution >= 4 is 21.4 Å². The SMILES string of the molecule is Cc1cc(N)c(NS(=O)(=O)CCCC(F)(F)F)cc1C. The molecule has 0 aromatic heterocycles. The second-order valence-corrected chi connectivity index (χ2v) is 6.51. The Morgan fingerprint density at radius 2 is 1.75 bits per heavy atom. The Bertz CT molecular complexity index is 583. The van der Waals surface area contributed by atoms with Crippen molar-refractivity contribution in [3.05, 3.63) is 23.3 Å². The molecule has 0 aliphatic carbocycles. The van der Waals surface area contributed by atoms with E-state index in [-0.39, 0.29) is 11.4 Å². The molecule has 20 heavy (non-hydrogen) atoms. The van der Waals surface area contributed by atoms with Gasteiger partial charge in [0, 0.05) is 6.42 Å². The smallest absolute Gasteiger partial charge is 0.389 e. The summed E-state index contributed by atoms with van der Waals surface area (Å²) in [6.07, 6.45) is -5.96. The zero-order valence-electron chi connectivity index (χ0n) is 11.2. The predicted molar refractivity (Wildman–Crippen MR) is 73.0 cm³/mol. The quantitative estimate of drug-likeness (QED) is 0.821. The van der Waals surface area contributed by atoms with Crippen molar-refractivity contribution < 1.29 is 21.6 Å². The molecule has 0 bridgehead atoms. The van der Waals surface area contributed by atoms with Gasteiger partial charge < -0.3 is 5.73 Å². The van der Waals surface area contributed by atoms with Gasteiger partial charge in [-0.25, -0.2) is 8.42 Å². The van der Waals surface area contributed by atoms with Crippen LogP contribution in [0.2, 0.25) is 0 Å². The fraction of sp³-hybridized carbons (Fsp3) is 0.500. The van der Waals surface area contributed by atoms with E-state index in [0.29, 0.717) is 0 Å². The maximum atomic E-state index is 12.0. The fourth-order valence-electron chi connectivity index (χ4n) is 1.61. The lowest BCUT2D eigenvalue weighted by molar-refractivity contribution is -0.134. The molecule has 3 N–H and O–H groups in total. The monoisotopic (exact) mass is 310 g/mol. The van der Waals surface area contributed by atoms with Gasteiger partial charge in [-0.1, -0.05) is 0 Å². The van der Waals surface area contributed by atoms with Gasteiger partial charge >= 0.3 is 6.18 Å². The Kier molecular flexibility index (Phi) is 4.90. The number of nitrogen functional groups attached to an aromatic ring is 1. The van der Waals surface area contributed by atoms with E-state index in [9.17, 15) is 21.6 Å². The Morgan fingerprint density at radius 1 is 1.20 bits per heavy atom. The number of anilines is 2. The van der Waals surface area contributed by atoms with E-state index in [1.54, 1.807) is 19.1 Å². The van der Waals surface area contributed by atoms with E-state index in [1.807, 2.05) is 6.92 Å². The summed E-state index contributed by atoms with van der Waals surface area (Å²) in [6.45, 7) is 3.61. The van der Waals surface area contributed by atoms with E-state index in [1.165, 1.54) is 0 Å². The third-order valence-corrected chi connectivity index (χ3v) is 4.16. The normalized spacial score (nSPS) is 12.4. The number of hydrogen-bond donors (Lipinski definition) is 2. The van der Waals surface area contributed by atoms with Gasteiger partial charge in [0.15, 0.2) is 0 Å². The molecule has 1 aromatic carbocycles. The van der Waals surface area contributed by atoms with Crippen LogP contribution in [-0.4, -0.2) is 20.3 Å². The summed E-state index contributed by atoms with van der Waals surface area (Å²) in [5, 5.41) is 0. The first-order valence-electron chi connectivity index (χ1n) is 5.94. The van der Waals surface area contributed by atoms with Crippen LogP contribution in [0.5, 0.6) is 0 Å². The summed E-state index contributed by atoms with van der Waals surface area (Å²) in [5.41, 5.74) is 7.87. The maximum absolute atomic E-state index is 12.0. The average molecular weight is 310 g/mol. The molecule has 0 amide bonds. The van der Waals surface area contributed by atoms with E-state index in [2.05, 4.69) is 4.72 Å². The van der Waals surface area contributed by atoms with E-state index in [0.717, 1.165) is 11.1 Å². The first-order chi connectivity index (χ1) is 9.00. The number of benzene rings is 1. The number of alkyl halides is 3. The number of nitrogens with one attached hydrogen (secondary N) is 1. The number of rotatable bonds is 5. The first-order valence-corrected chi connectivity index (χ1v) is 7.59. The molecular formula is C12H17F3N2O2S. The topological polar surface area (TPSA) is 72.2 Å². The predicted octanol–water partition coefficient (Wildman–Crippen LogP) is 2.97. The lowest BCUT2D eigenvalue weighted by Gasteiger charge is -2.13. The van der Waals surface area contributed by atoms with Crippen molar-refractivity contribution in [3.63, 3.8) is 0 Å². The van der Waals surface area contributed by atoms with Crippen LogP contribution in [-0.2, 0) is 10.0 Å². The molecule has 0 saturated heterocycles. The summed E-state index contributed by atoms with van der Waals surface area (Å²) in [6, 6.07) is 3.18. The minimum atomic E-state index is -4.35. The average Bonchev–Trinajstić information content (AvgIpc) is 2.23. The van der Waals surface area contributed by atoms with Crippen LogP contribution < -0.4 is 10.5 Å². The van der Waals surface area contributed by atoms with Gasteiger partial charge in [-0.3, -0.25) is 4.72 Å². The van der Waals surface area contributed by atoms with Crippen LogP contribution in [0.25, 0.3) is 0 Å². The van der Waals surface area contributed by atoms with Crippen LogP contribution >= 0.6 is 0 Å². The summed E-state index contributed by atoms with van der Waals surface area (Å²) >= 11 is 0. The molecule has 114 valence electrons. The van der Waals surface area contributed by atoms with Crippen LogP contribution in [0.1, 0.15) is 24.0 Å². The Labute approximate surface area is 116 Å². The molecule has 0 unspecified atom stereocenters. The van der Waals surface area contributed by atoms with Crippen molar-refractivity contribution in [1.29, 1.82) is 0 Å². The van der Waals surface area contributed by atoms with Gasteiger partial charge in [-0.05, 0) is 43.5 Å². The number of aryl methyl sites for hydroxylation is 2. The third-order valence-electron chi connectivity index (χ3n) is 2.80. The highest BCUT2D eigenvalue weighted by Gasteiger charge is 2.27. The van der Waals surface area contributed by atoms with Crippen LogP contribution in [0.4, 0.5) is 24.5 Å². The zero-order valence-corrected chi connectivity index (χ0v) is 12.0. The molecule has 4 nitrogen and oxygen atoms in total. The largest absolute Gasteiger partial charge is 0.397 e. The van der Waals surface area contributed by atoms with Crippen LogP contribution in [0, 0.1) is 13.8 Å². The minimum Gasteiger partial charge on any atom is -0.397 e. The van der Waals surface area contributed by atoms with Gasteiger partial charge in [0.25, 0.3) is 0 Å². The summed E-state index contributed by atoms with van der Waals surface area (Å²) < 4.78 is 61.6. The maximum Gasteiger partial charge on any atom is 0.389 e. The number of halogens is 3. The van der Waals surface area contributed by atoms with Gasteiger partial charge in [0.2, 0.25) is 10.0 Å². The van der Waals surface area contributed by atoms with Crippen molar-refractivity contribution in [1.82, 2.24) is 0 Å². The Hall–Kier alpha value is -1.44. The van der Waals surface area contributed by atoms with Crippen LogP contribution in [0.15, 0.2) is 12.1 Å². The molecule has 0 heterocycles. The lowest BCUT2D eigenvalue weighted by atomic mass is 10.1. The third kappa shape index (κ3) is 5.28. The molecule has 1 aromatic rings. The van der Waals surface area contributed by atoms with Crippen molar-refractivity contribution in [3.8, 4) is 0 Å². The Balaban J connectivity index is 2.74. The molecule has 0 atom stereocenters. The molecule has 8 heteroatoms. The second-order valence-electron chi connectivity index (χ2n) is 4.66. The van der Waals surface area contributed by atoms with Crippen molar-refractivity contribution in [2.24, 2.45) is 0 Å². The summed E-state index contributed by atoms with van der Waals surface area (Å²) in [5.74, 6) is -0.598. The number of nitrogens with two attached hydrogens (primary N) is 1. The fourth-order valence-corrected chi connectivity index (χ4v) is 2.75. The van der Waals surface area contributed by atoms with Crippen molar-refractivity contribution in [2.45, 2.75) is 32.9 Å². The summed E-state index contributed by atoms with van der Waals surface area (Å²) in [7, 11) is -3.84. The Morgan fingerprint density at radius 3 is 2.30 bits per heavy atom. The second kappa shape index (κ2) is 5.90. The molecule has 0 fully saturated rings. The van der Waals surface area contributed by atoms with Gasteiger partial charge in [0.1, 0.15) is 0 Å². The molecule has 0 spiro atoms. The minimum absolute atomic E-state index is 0.195. The molecule has 0 saturated carbocycles. The highest BCUT2D eigenvalue weighted by atomic mass is 32.2. The van der Waals surface area contributed by atoms with E-state index >= 15 is 0 Å². The van der Waals surface area contributed by atoms with E-state index in [4.69, 9.17) is 5.73 Å². The first kappa shape index (κ1) is 16.6. The van der Waals surface area contributed by atoms with E-state index < -0.39 is 34.8 Å². The molecule has 0 radical (unpaired) electrons. The lowest BCUT2D eigenvalue weighted by Crippen LogP contribution is -2.19. The highest BCUT2D eigenvalue weighted by molar-refractivity contribution is 7.92. The van der Waals surface area contributed by atoms with Gasteiger partial charge in [0.05, 0.1) is 17.1 Å². The number of hydrogen-bond acceptors (Lipinski definition) is 3. The standard InChI is InChI=1S/C12H17F3N2O2S/c1-8-6-10(16)11(7-9(8)2)17-20(18,19)5-3-4-12(13,14)15/h6-7,17H,3-5,16H2,1-2H3. The van der Waals surface area contributed by atoms with Crippen LogP contribution in [0.3, 0.4) is 0 Å². The number of sulfonamides is 1. The highest BCUT2D eigenvalue weighted by Crippen LogP contribution is 2.25. The van der Waals surface area contributed by atoms with Gasteiger partial charge in [-0.2, -0.15) is 13.2 Å².